The highest BCUT2D eigenvalue weighted by Gasteiger charge is 2.14. The van der Waals surface area contributed by atoms with Crippen LogP contribution in [0.2, 0.25) is 0 Å². The highest BCUT2D eigenvalue weighted by atomic mass is 16.3. The minimum absolute atomic E-state index is 0.162. The number of hydrogen-bond acceptors (Lipinski definition) is 3. The molecule has 1 aromatic heterocycles. The maximum absolute atomic E-state index is 12.1. The Morgan fingerprint density at radius 1 is 1.21 bits per heavy atom. The summed E-state index contributed by atoms with van der Waals surface area (Å²) in [6.07, 6.45) is 0. The van der Waals surface area contributed by atoms with E-state index in [1.165, 1.54) is 0 Å². The van der Waals surface area contributed by atoms with Crippen molar-refractivity contribution in [2.24, 2.45) is 0 Å². The number of amides is 1. The summed E-state index contributed by atoms with van der Waals surface area (Å²) in [6, 6.07) is 11.3. The van der Waals surface area contributed by atoms with Gasteiger partial charge in [-0.2, -0.15) is 0 Å². The van der Waals surface area contributed by atoms with Crippen molar-refractivity contribution in [1.29, 1.82) is 0 Å². The Bertz CT molecular complexity index is 575. The fraction of sp³-hybridized carbons (Fsp3) is 0.267. The van der Waals surface area contributed by atoms with Crippen molar-refractivity contribution in [3.63, 3.8) is 0 Å². The largest absolute Gasteiger partial charge is 0.456 e. The van der Waals surface area contributed by atoms with Crippen LogP contribution in [-0.4, -0.2) is 13.0 Å². The van der Waals surface area contributed by atoms with Gasteiger partial charge in [0, 0.05) is 11.7 Å². The van der Waals surface area contributed by atoms with Crippen LogP contribution >= 0.6 is 0 Å². The summed E-state index contributed by atoms with van der Waals surface area (Å²) in [5, 5.41) is 6.05. The van der Waals surface area contributed by atoms with E-state index >= 15 is 0 Å². The van der Waals surface area contributed by atoms with Gasteiger partial charge in [0.2, 0.25) is 0 Å². The minimum Gasteiger partial charge on any atom is -0.456 e. The van der Waals surface area contributed by atoms with E-state index in [1.54, 1.807) is 12.1 Å². The normalized spacial score (nSPS) is 12.2. The summed E-state index contributed by atoms with van der Waals surface area (Å²) >= 11 is 0. The Kier molecular flexibility index (Phi) is 4.02. The number of nitrogens with one attached hydrogen (secondary N) is 2. The van der Waals surface area contributed by atoms with Crippen molar-refractivity contribution >= 4 is 11.6 Å². The molecule has 4 heteroatoms. The molecule has 2 aromatic rings. The zero-order valence-corrected chi connectivity index (χ0v) is 11.4. The van der Waals surface area contributed by atoms with Gasteiger partial charge in [-0.15, -0.1) is 0 Å². The van der Waals surface area contributed by atoms with E-state index in [2.05, 4.69) is 10.6 Å². The number of aryl methyl sites for hydroxylation is 1. The van der Waals surface area contributed by atoms with E-state index in [-0.39, 0.29) is 11.9 Å². The van der Waals surface area contributed by atoms with E-state index in [9.17, 15) is 4.79 Å². The van der Waals surface area contributed by atoms with Crippen LogP contribution in [-0.2, 0) is 0 Å². The molecular weight excluding hydrogens is 240 g/mol. The highest BCUT2D eigenvalue weighted by molar-refractivity contribution is 6.02. The number of benzene rings is 1. The first-order valence-corrected chi connectivity index (χ1v) is 6.26. The SMILES string of the molecule is CNC(C)c1ccccc1NC(=O)c1ccc(C)o1. The van der Waals surface area contributed by atoms with Crippen molar-refractivity contribution in [3.8, 4) is 0 Å². The molecule has 0 saturated carbocycles. The molecule has 0 bridgehead atoms. The molecule has 0 aliphatic heterocycles. The molecule has 0 aliphatic carbocycles. The van der Waals surface area contributed by atoms with Crippen molar-refractivity contribution < 1.29 is 9.21 Å². The van der Waals surface area contributed by atoms with Crippen molar-refractivity contribution in [2.75, 3.05) is 12.4 Å². The molecule has 0 saturated heterocycles. The third-order valence-electron chi connectivity index (χ3n) is 3.07. The Hall–Kier alpha value is -2.07. The number of hydrogen-bond donors (Lipinski definition) is 2. The summed E-state index contributed by atoms with van der Waals surface area (Å²) in [7, 11) is 1.89. The van der Waals surface area contributed by atoms with Crippen molar-refractivity contribution in [1.82, 2.24) is 5.32 Å². The van der Waals surface area contributed by atoms with Crippen LogP contribution in [0, 0.1) is 6.92 Å². The van der Waals surface area contributed by atoms with Crippen molar-refractivity contribution in [3.05, 3.63) is 53.5 Å². The van der Waals surface area contributed by atoms with Gasteiger partial charge in [0.05, 0.1) is 0 Å². The van der Waals surface area contributed by atoms with Gasteiger partial charge in [-0.25, -0.2) is 0 Å². The number of para-hydroxylation sites is 1. The standard InChI is InChI=1S/C15H18N2O2/c1-10-8-9-14(19-10)15(18)17-13-7-5-4-6-12(13)11(2)16-3/h4-9,11,16H,1-3H3,(H,17,18). The predicted molar refractivity (Wildman–Crippen MR) is 75.3 cm³/mol. The van der Waals surface area contributed by atoms with E-state index in [1.807, 2.05) is 45.2 Å². The van der Waals surface area contributed by atoms with Crippen LogP contribution in [0.1, 0.15) is 34.8 Å². The molecule has 100 valence electrons. The third-order valence-corrected chi connectivity index (χ3v) is 3.07. The summed E-state index contributed by atoms with van der Waals surface area (Å²) in [5.41, 5.74) is 1.84. The Labute approximate surface area is 112 Å². The molecule has 0 aliphatic rings. The summed E-state index contributed by atoms with van der Waals surface area (Å²) in [5.74, 6) is 0.815. The monoisotopic (exact) mass is 258 g/mol. The van der Waals surface area contributed by atoms with Gasteiger partial charge in [0.1, 0.15) is 5.76 Å². The molecule has 19 heavy (non-hydrogen) atoms. The van der Waals surface area contributed by atoms with E-state index in [4.69, 9.17) is 4.42 Å². The lowest BCUT2D eigenvalue weighted by Crippen LogP contribution is -2.17. The molecule has 2 N–H and O–H groups in total. The second-order valence-corrected chi connectivity index (χ2v) is 4.46. The smallest absolute Gasteiger partial charge is 0.291 e. The Balaban J connectivity index is 2.21. The van der Waals surface area contributed by atoms with Gasteiger partial charge in [0.25, 0.3) is 5.91 Å². The number of anilines is 1. The number of carbonyl (C=O) groups excluding carboxylic acids is 1. The summed E-state index contributed by atoms with van der Waals surface area (Å²) in [4.78, 5) is 12.1. The van der Waals surface area contributed by atoms with Crippen LogP contribution in [0.5, 0.6) is 0 Å². The summed E-state index contributed by atoms with van der Waals surface area (Å²) < 4.78 is 5.32. The zero-order chi connectivity index (χ0) is 13.8. The first kappa shape index (κ1) is 13.4. The molecule has 0 fully saturated rings. The Morgan fingerprint density at radius 3 is 2.58 bits per heavy atom. The zero-order valence-electron chi connectivity index (χ0n) is 11.4. The van der Waals surface area contributed by atoms with Crippen LogP contribution in [0.15, 0.2) is 40.8 Å². The lowest BCUT2D eigenvalue weighted by Gasteiger charge is -2.15. The first-order valence-electron chi connectivity index (χ1n) is 6.26. The molecule has 1 amide bonds. The fourth-order valence-corrected chi connectivity index (χ4v) is 1.88. The number of furan rings is 1. The predicted octanol–water partition coefficient (Wildman–Crippen LogP) is 3.12. The van der Waals surface area contributed by atoms with E-state index in [0.717, 1.165) is 17.0 Å². The lowest BCUT2D eigenvalue weighted by atomic mass is 10.1. The molecule has 1 unspecified atom stereocenters. The van der Waals surface area contributed by atoms with Gasteiger partial charge in [-0.3, -0.25) is 4.79 Å². The molecular formula is C15H18N2O2. The quantitative estimate of drug-likeness (QED) is 0.886. The van der Waals surface area contributed by atoms with Crippen LogP contribution in [0.4, 0.5) is 5.69 Å². The fourth-order valence-electron chi connectivity index (χ4n) is 1.88. The van der Waals surface area contributed by atoms with Crippen molar-refractivity contribution in [2.45, 2.75) is 19.9 Å². The molecule has 1 aromatic carbocycles. The van der Waals surface area contributed by atoms with Crippen LogP contribution in [0.3, 0.4) is 0 Å². The molecule has 0 radical (unpaired) electrons. The maximum Gasteiger partial charge on any atom is 0.291 e. The topological polar surface area (TPSA) is 54.3 Å². The second kappa shape index (κ2) is 5.71. The molecule has 1 atom stereocenters. The van der Waals surface area contributed by atoms with Gasteiger partial charge in [0.15, 0.2) is 5.76 Å². The molecule has 4 nitrogen and oxygen atoms in total. The van der Waals surface area contributed by atoms with Gasteiger partial charge < -0.3 is 15.1 Å². The molecule has 0 spiro atoms. The van der Waals surface area contributed by atoms with Crippen LogP contribution < -0.4 is 10.6 Å². The lowest BCUT2D eigenvalue weighted by molar-refractivity contribution is 0.0995. The maximum atomic E-state index is 12.1. The Morgan fingerprint density at radius 2 is 1.95 bits per heavy atom. The second-order valence-electron chi connectivity index (χ2n) is 4.46. The van der Waals surface area contributed by atoms with Gasteiger partial charge >= 0.3 is 0 Å². The third kappa shape index (κ3) is 3.03. The number of rotatable bonds is 4. The van der Waals surface area contributed by atoms with E-state index in [0.29, 0.717) is 5.76 Å². The molecule has 2 rings (SSSR count). The van der Waals surface area contributed by atoms with Crippen LogP contribution in [0.25, 0.3) is 0 Å². The average molecular weight is 258 g/mol. The average Bonchev–Trinajstić information content (AvgIpc) is 2.85. The van der Waals surface area contributed by atoms with Gasteiger partial charge in [-0.05, 0) is 44.7 Å². The minimum atomic E-state index is -0.233. The molecule has 1 heterocycles. The highest BCUT2D eigenvalue weighted by Crippen LogP contribution is 2.23. The number of carbonyl (C=O) groups is 1. The van der Waals surface area contributed by atoms with Gasteiger partial charge in [-0.1, -0.05) is 18.2 Å². The summed E-state index contributed by atoms with van der Waals surface area (Å²) in [6.45, 7) is 3.86. The van der Waals surface area contributed by atoms with E-state index < -0.39 is 0 Å². The first-order chi connectivity index (χ1) is 9.11.